The minimum absolute atomic E-state index is 0.139. The standard InChI is InChI=1S/C12H17NO5S/c1-12(2)17-10(8-16-19(13,14)15)7-9-5-3-4-6-11(9)18-12/h3-6,10H,7-8H2,1-2H3,(H2,13,14,15). The highest BCUT2D eigenvalue weighted by molar-refractivity contribution is 7.84. The summed E-state index contributed by atoms with van der Waals surface area (Å²) >= 11 is 0. The molecule has 0 saturated carbocycles. The van der Waals surface area contributed by atoms with Crippen LogP contribution in [-0.2, 0) is 25.6 Å². The number of fused-ring (bicyclic) bond motifs is 1. The number of ether oxygens (including phenoxy) is 2. The Balaban J connectivity index is 2.18. The van der Waals surface area contributed by atoms with Gasteiger partial charge < -0.3 is 9.47 Å². The summed E-state index contributed by atoms with van der Waals surface area (Å²) in [6, 6.07) is 7.52. The van der Waals surface area contributed by atoms with Gasteiger partial charge in [0, 0.05) is 20.3 Å². The van der Waals surface area contributed by atoms with Gasteiger partial charge in [0.05, 0.1) is 12.7 Å². The van der Waals surface area contributed by atoms with E-state index in [0.29, 0.717) is 6.42 Å². The summed E-state index contributed by atoms with van der Waals surface area (Å²) in [5.74, 6) is -0.135. The molecule has 0 fully saturated rings. The molecule has 0 bridgehead atoms. The van der Waals surface area contributed by atoms with Crippen molar-refractivity contribution in [3.63, 3.8) is 0 Å². The van der Waals surface area contributed by atoms with E-state index >= 15 is 0 Å². The largest absolute Gasteiger partial charge is 0.463 e. The maximum atomic E-state index is 10.8. The molecule has 6 nitrogen and oxygen atoms in total. The summed E-state index contributed by atoms with van der Waals surface area (Å²) in [5.41, 5.74) is 0.941. The Labute approximate surface area is 112 Å². The molecule has 1 aromatic rings. The van der Waals surface area contributed by atoms with Crippen molar-refractivity contribution in [1.29, 1.82) is 0 Å². The van der Waals surface area contributed by atoms with Gasteiger partial charge in [-0.1, -0.05) is 18.2 Å². The quantitative estimate of drug-likeness (QED) is 0.894. The van der Waals surface area contributed by atoms with Gasteiger partial charge >= 0.3 is 10.3 Å². The van der Waals surface area contributed by atoms with Crippen molar-refractivity contribution in [2.24, 2.45) is 5.14 Å². The fraction of sp³-hybridized carbons (Fsp3) is 0.500. The highest BCUT2D eigenvalue weighted by Crippen LogP contribution is 2.30. The molecule has 19 heavy (non-hydrogen) atoms. The third kappa shape index (κ3) is 4.17. The molecule has 2 N–H and O–H groups in total. The number of hydrogen-bond donors (Lipinski definition) is 1. The zero-order chi connectivity index (χ0) is 14.1. The second kappa shape index (κ2) is 5.09. The van der Waals surface area contributed by atoms with Crippen molar-refractivity contribution >= 4 is 10.3 Å². The van der Waals surface area contributed by atoms with Gasteiger partial charge in [-0.15, -0.1) is 0 Å². The summed E-state index contributed by atoms with van der Waals surface area (Å²) in [5, 5.41) is 4.82. The average Bonchev–Trinajstić information content (AvgIpc) is 2.39. The van der Waals surface area contributed by atoms with Crippen molar-refractivity contribution in [2.75, 3.05) is 6.61 Å². The van der Waals surface area contributed by atoms with Crippen LogP contribution in [0.3, 0.4) is 0 Å². The topological polar surface area (TPSA) is 87.9 Å². The van der Waals surface area contributed by atoms with Gasteiger partial charge in [-0.2, -0.15) is 8.42 Å². The van der Waals surface area contributed by atoms with Crippen LogP contribution in [0.15, 0.2) is 24.3 Å². The van der Waals surface area contributed by atoms with Gasteiger partial charge in [0.1, 0.15) is 5.75 Å². The number of rotatable bonds is 3. The molecule has 7 heteroatoms. The third-order valence-corrected chi connectivity index (χ3v) is 3.11. The average molecular weight is 287 g/mol. The first-order valence-electron chi connectivity index (χ1n) is 5.87. The summed E-state index contributed by atoms with van der Waals surface area (Å²) in [6.45, 7) is 3.39. The predicted octanol–water partition coefficient (Wildman–Crippen LogP) is 0.963. The number of para-hydroxylation sites is 1. The maximum Gasteiger partial charge on any atom is 0.333 e. The van der Waals surface area contributed by atoms with Crippen LogP contribution in [0.2, 0.25) is 0 Å². The first-order valence-corrected chi connectivity index (χ1v) is 7.34. The molecular weight excluding hydrogens is 270 g/mol. The lowest BCUT2D eigenvalue weighted by atomic mass is 10.1. The highest BCUT2D eigenvalue weighted by atomic mass is 32.2. The van der Waals surface area contributed by atoms with Crippen LogP contribution in [0.25, 0.3) is 0 Å². The second-order valence-electron chi connectivity index (χ2n) is 4.83. The zero-order valence-corrected chi connectivity index (χ0v) is 11.6. The monoisotopic (exact) mass is 287 g/mol. The minimum atomic E-state index is -3.97. The van der Waals surface area contributed by atoms with Crippen LogP contribution in [0.4, 0.5) is 0 Å². The predicted molar refractivity (Wildman–Crippen MR) is 68.8 cm³/mol. The fourth-order valence-corrected chi connectivity index (χ4v) is 2.35. The molecule has 1 aliphatic heterocycles. The van der Waals surface area contributed by atoms with E-state index < -0.39 is 22.2 Å². The Hall–Kier alpha value is -1.15. The summed E-state index contributed by atoms with van der Waals surface area (Å²) in [4.78, 5) is 0. The van der Waals surface area contributed by atoms with E-state index in [1.54, 1.807) is 13.8 Å². The highest BCUT2D eigenvalue weighted by Gasteiger charge is 2.31. The fourth-order valence-electron chi connectivity index (χ4n) is 2.01. The van der Waals surface area contributed by atoms with Crippen molar-refractivity contribution in [1.82, 2.24) is 0 Å². The lowest BCUT2D eigenvalue weighted by Gasteiger charge is -2.27. The molecule has 1 aliphatic rings. The Bertz CT molecular complexity index is 555. The van der Waals surface area contributed by atoms with E-state index in [4.69, 9.17) is 14.6 Å². The first kappa shape index (κ1) is 14.3. The molecule has 1 heterocycles. The number of hydrogen-bond acceptors (Lipinski definition) is 5. The molecule has 2 rings (SSSR count). The minimum Gasteiger partial charge on any atom is -0.463 e. The second-order valence-corrected chi connectivity index (χ2v) is 6.05. The Kier molecular flexibility index (Phi) is 3.82. The molecule has 0 saturated heterocycles. The Morgan fingerprint density at radius 2 is 2.11 bits per heavy atom. The van der Waals surface area contributed by atoms with E-state index in [-0.39, 0.29) is 6.61 Å². The van der Waals surface area contributed by atoms with Crippen molar-refractivity contribution < 1.29 is 22.1 Å². The van der Waals surface area contributed by atoms with Gasteiger partial charge in [0.2, 0.25) is 5.79 Å². The molecule has 0 spiro atoms. The Morgan fingerprint density at radius 1 is 1.42 bits per heavy atom. The van der Waals surface area contributed by atoms with E-state index in [1.807, 2.05) is 24.3 Å². The van der Waals surface area contributed by atoms with Crippen LogP contribution in [0.5, 0.6) is 5.75 Å². The maximum absolute atomic E-state index is 10.8. The van der Waals surface area contributed by atoms with Crippen LogP contribution >= 0.6 is 0 Å². The molecule has 0 aliphatic carbocycles. The van der Waals surface area contributed by atoms with Crippen LogP contribution < -0.4 is 9.88 Å². The van der Waals surface area contributed by atoms with E-state index in [9.17, 15) is 8.42 Å². The van der Waals surface area contributed by atoms with Gasteiger partial charge in [-0.3, -0.25) is 4.18 Å². The molecule has 1 aromatic carbocycles. The van der Waals surface area contributed by atoms with E-state index in [2.05, 4.69) is 4.18 Å². The van der Waals surface area contributed by atoms with Gasteiger partial charge in [0.25, 0.3) is 0 Å². The summed E-state index contributed by atoms with van der Waals surface area (Å²) in [6.07, 6.45) is 0.0479. The van der Waals surface area contributed by atoms with Crippen LogP contribution in [0, 0.1) is 0 Å². The van der Waals surface area contributed by atoms with Crippen molar-refractivity contribution in [3.8, 4) is 5.75 Å². The van der Waals surface area contributed by atoms with Crippen molar-refractivity contribution in [3.05, 3.63) is 29.8 Å². The lowest BCUT2D eigenvalue weighted by molar-refractivity contribution is -0.186. The van der Waals surface area contributed by atoms with E-state index in [0.717, 1.165) is 11.3 Å². The summed E-state index contributed by atoms with van der Waals surface area (Å²) < 4.78 is 37.7. The molecule has 0 aromatic heterocycles. The molecular formula is C12H17NO5S. The zero-order valence-electron chi connectivity index (χ0n) is 10.8. The first-order chi connectivity index (χ1) is 8.75. The Morgan fingerprint density at radius 3 is 2.79 bits per heavy atom. The van der Waals surface area contributed by atoms with E-state index in [1.165, 1.54) is 0 Å². The lowest BCUT2D eigenvalue weighted by Crippen LogP contribution is -2.37. The third-order valence-electron chi connectivity index (χ3n) is 2.64. The van der Waals surface area contributed by atoms with Crippen LogP contribution in [0.1, 0.15) is 19.4 Å². The summed E-state index contributed by atoms with van der Waals surface area (Å²) in [7, 11) is -3.97. The van der Waals surface area contributed by atoms with Crippen molar-refractivity contribution in [2.45, 2.75) is 32.2 Å². The molecule has 0 radical (unpaired) electrons. The number of nitrogens with two attached hydrogens (primary N) is 1. The molecule has 1 unspecified atom stereocenters. The smallest absolute Gasteiger partial charge is 0.333 e. The van der Waals surface area contributed by atoms with Gasteiger partial charge in [-0.05, 0) is 11.6 Å². The van der Waals surface area contributed by atoms with Gasteiger partial charge in [-0.25, -0.2) is 5.14 Å². The number of benzene rings is 1. The SMILES string of the molecule is CC1(C)Oc2ccccc2CC(COS(N)(=O)=O)O1. The molecule has 0 amide bonds. The molecule has 106 valence electrons. The molecule has 1 atom stereocenters. The normalized spacial score (nSPS) is 22.2. The van der Waals surface area contributed by atoms with Gasteiger partial charge in [0.15, 0.2) is 0 Å². The van der Waals surface area contributed by atoms with Crippen LogP contribution in [-0.4, -0.2) is 26.9 Å².